The molecule has 2 heterocycles. The van der Waals surface area contributed by atoms with Crippen LogP contribution in [0.2, 0.25) is 0 Å². The number of rotatable bonds is 5. The lowest BCUT2D eigenvalue weighted by Crippen LogP contribution is -2.49. The molecule has 1 aliphatic rings. The van der Waals surface area contributed by atoms with Gasteiger partial charge in [-0.05, 0) is 23.6 Å². The van der Waals surface area contributed by atoms with Gasteiger partial charge in [0, 0.05) is 37.0 Å². The Labute approximate surface area is 140 Å². The molecule has 6 nitrogen and oxygen atoms in total. The summed E-state index contributed by atoms with van der Waals surface area (Å²) >= 11 is 0. The Kier molecular flexibility index (Phi) is 5.08. The Bertz CT molecular complexity index is 720. The molecule has 1 amide bonds. The maximum Gasteiger partial charge on any atom is 0.251 e. The third-order valence-electron chi connectivity index (χ3n) is 4.26. The van der Waals surface area contributed by atoms with Gasteiger partial charge in [0.05, 0.1) is 13.2 Å². The Hall–Kier alpha value is -2.44. The monoisotopic (exact) mass is 327 g/mol. The van der Waals surface area contributed by atoms with Gasteiger partial charge in [-0.15, -0.1) is 0 Å². The second-order valence-corrected chi connectivity index (χ2v) is 5.82. The number of pyridine rings is 1. The summed E-state index contributed by atoms with van der Waals surface area (Å²) < 4.78 is 5.01. The first-order valence-electron chi connectivity index (χ1n) is 7.94. The number of ether oxygens (including phenoxy) is 1. The number of methoxy groups -OCH3 is 1. The highest BCUT2D eigenvalue weighted by Gasteiger charge is 2.24. The third-order valence-corrected chi connectivity index (χ3v) is 4.26. The fourth-order valence-electron chi connectivity index (χ4n) is 2.86. The Morgan fingerprint density at radius 3 is 3.00 bits per heavy atom. The van der Waals surface area contributed by atoms with Gasteiger partial charge in [0.15, 0.2) is 0 Å². The van der Waals surface area contributed by atoms with Crippen molar-refractivity contribution in [1.82, 2.24) is 15.6 Å². The molecule has 2 atom stereocenters. The number of aliphatic hydroxyl groups excluding tert-OH is 1. The van der Waals surface area contributed by atoms with Crippen LogP contribution in [-0.4, -0.2) is 41.8 Å². The van der Waals surface area contributed by atoms with E-state index in [1.807, 2.05) is 12.1 Å². The van der Waals surface area contributed by atoms with Crippen LogP contribution in [0.3, 0.4) is 0 Å². The zero-order valence-corrected chi connectivity index (χ0v) is 13.5. The van der Waals surface area contributed by atoms with E-state index in [1.165, 1.54) is 24.4 Å². The molecule has 0 aliphatic carbocycles. The molecule has 3 rings (SSSR count). The summed E-state index contributed by atoms with van der Waals surface area (Å²) in [5.74, 6) is 0.125. The molecule has 0 spiro atoms. The summed E-state index contributed by atoms with van der Waals surface area (Å²) in [5.41, 5.74) is 2.95. The highest BCUT2D eigenvalue weighted by atomic mass is 16.5. The van der Waals surface area contributed by atoms with Crippen LogP contribution in [0.5, 0.6) is 5.88 Å². The van der Waals surface area contributed by atoms with E-state index in [-0.39, 0.29) is 18.5 Å². The molecule has 1 aromatic heterocycles. The summed E-state index contributed by atoms with van der Waals surface area (Å²) in [5, 5.41) is 16.5. The molecule has 0 fully saturated rings. The summed E-state index contributed by atoms with van der Waals surface area (Å²) in [4.78, 5) is 16.1. The number of hydrogen-bond acceptors (Lipinski definition) is 5. The lowest BCUT2D eigenvalue weighted by molar-refractivity contribution is 0.0869. The van der Waals surface area contributed by atoms with E-state index in [9.17, 15) is 9.90 Å². The highest BCUT2D eigenvalue weighted by molar-refractivity contribution is 5.94. The molecule has 0 saturated heterocycles. The fraction of sp³-hybridized carbons (Fsp3) is 0.333. The first kappa shape index (κ1) is 16.4. The maximum atomic E-state index is 12.2. The van der Waals surface area contributed by atoms with Gasteiger partial charge in [-0.2, -0.15) is 0 Å². The van der Waals surface area contributed by atoms with Crippen molar-refractivity contribution in [2.75, 3.05) is 13.7 Å². The van der Waals surface area contributed by atoms with Gasteiger partial charge in [0.25, 0.3) is 5.91 Å². The molecule has 0 bridgehead atoms. The number of nitrogens with zero attached hydrogens (tertiary/aromatic N) is 1. The predicted octanol–water partition coefficient (Wildman–Crippen LogP) is 0.895. The van der Waals surface area contributed by atoms with Crippen molar-refractivity contribution in [1.29, 1.82) is 0 Å². The number of carbonyl (C=O) groups excluding carboxylic acids is 1. The molecule has 0 unspecified atom stereocenters. The topological polar surface area (TPSA) is 83.5 Å². The van der Waals surface area contributed by atoms with Crippen LogP contribution in [0.1, 0.15) is 21.5 Å². The number of hydrogen-bond donors (Lipinski definition) is 3. The quantitative estimate of drug-likeness (QED) is 0.760. The van der Waals surface area contributed by atoms with Crippen LogP contribution in [0, 0.1) is 0 Å². The van der Waals surface area contributed by atoms with Gasteiger partial charge in [-0.25, -0.2) is 4.98 Å². The summed E-state index contributed by atoms with van der Waals surface area (Å²) in [6.07, 6.45) is 1.60. The van der Waals surface area contributed by atoms with Crippen LogP contribution >= 0.6 is 0 Å². The normalized spacial score (nSPS) is 17.7. The average molecular weight is 327 g/mol. The minimum Gasteiger partial charge on any atom is -0.481 e. The van der Waals surface area contributed by atoms with Gasteiger partial charge in [-0.1, -0.05) is 24.3 Å². The number of aromatic nitrogens is 1. The molecular formula is C18H21N3O3. The van der Waals surface area contributed by atoms with Gasteiger partial charge < -0.3 is 20.5 Å². The van der Waals surface area contributed by atoms with Crippen molar-refractivity contribution >= 4 is 5.91 Å². The van der Waals surface area contributed by atoms with E-state index in [0.717, 1.165) is 13.0 Å². The van der Waals surface area contributed by atoms with Crippen LogP contribution in [0.15, 0.2) is 42.6 Å². The van der Waals surface area contributed by atoms with E-state index < -0.39 is 6.10 Å². The van der Waals surface area contributed by atoms with Gasteiger partial charge in [0.1, 0.15) is 0 Å². The predicted molar refractivity (Wildman–Crippen MR) is 89.9 cm³/mol. The summed E-state index contributed by atoms with van der Waals surface area (Å²) in [7, 11) is 1.50. The minimum atomic E-state index is -0.661. The van der Waals surface area contributed by atoms with E-state index in [0.29, 0.717) is 11.4 Å². The largest absolute Gasteiger partial charge is 0.481 e. The average Bonchev–Trinajstić information content (AvgIpc) is 2.65. The number of nitrogens with one attached hydrogen (secondary N) is 2. The molecule has 6 heteroatoms. The summed E-state index contributed by atoms with van der Waals surface area (Å²) in [6.45, 7) is 0.913. The Balaban J connectivity index is 1.56. The maximum absolute atomic E-state index is 12.2. The van der Waals surface area contributed by atoms with Crippen molar-refractivity contribution in [3.05, 3.63) is 59.3 Å². The van der Waals surface area contributed by atoms with Gasteiger partial charge in [-0.3, -0.25) is 4.79 Å². The smallest absolute Gasteiger partial charge is 0.251 e. The first-order chi connectivity index (χ1) is 11.7. The van der Waals surface area contributed by atoms with Crippen molar-refractivity contribution < 1.29 is 14.6 Å². The van der Waals surface area contributed by atoms with Crippen molar-refractivity contribution in [2.45, 2.75) is 25.1 Å². The number of fused-ring (bicyclic) bond motifs is 1. The number of benzene rings is 1. The minimum absolute atomic E-state index is 0.0767. The van der Waals surface area contributed by atoms with Gasteiger partial charge >= 0.3 is 0 Å². The highest BCUT2D eigenvalue weighted by Crippen LogP contribution is 2.17. The first-order valence-corrected chi connectivity index (χ1v) is 7.94. The molecule has 0 saturated carbocycles. The van der Waals surface area contributed by atoms with Crippen LogP contribution in [0.25, 0.3) is 0 Å². The van der Waals surface area contributed by atoms with Crippen LogP contribution in [-0.2, 0) is 13.0 Å². The number of aliphatic hydroxyl groups is 1. The number of carbonyl (C=O) groups is 1. The Morgan fingerprint density at radius 1 is 1.42 bits per heavy atom. The second-order valence-electron chi connectivity index (χ2n) is 5.82. The lowest BCUT2D eigenvalue weighted by atomic mass is 9.93. The fourth-order valence-corrected chi connectivity index (χ4v) is 2.86. The van der Waals surface area contributed by atoms with E-state index in [4.69, 9.17) is 4.74 Å². The third kappa shape index (κ3) is 3.72. The van der Waals surface area contributed by atoms with Crippen molar-refractivity contribution in [3.8, 4) is 5.88 Å². The zero-order chi connectivity index (χ0) is 16.9. The van der Waals surface area contributed by atoms with Crippen LogP contribution in [0.4, 0.5) is 0 Å². The molecule has 1 aromatic carbocycles. The number of amides is 1. The van der Waals surface area contributed by atoms with Crippen molar-refractivity contribution in [3.63, 3.8) is 0 Å². The molecule has 0 radical (unpaired) electrons. The van der Waals surface area contributed by atoms with E-state index in [2.05, 4.69) is 27.8 Å². The molecule has 126 valence electrons. The summed E-state index contributed by atoms with van der Waals surface area (Å²) in [6, 6.07) is 11.3. The molecule has 24 heavy (non-hydrogen) atoms. The second kappa shape index (κ2) is 7.42. The van der Waals surface area contributed by atoms with E-state index in [1.54, 1.807) is 12.1 Å². The lowest BCUT2D eigenvalue weighted by Gasteiger charge is -2.30. The standard InChI is InChI=1S/C18H21N3O3/c1-24-17-9-13(6-7-19-17)18(23)21-11-16(22)15-8-12-4-2-3-5-14(12)10-20-15/h2-7,9,15-16,20,22H,8,10-11H2,1H3,(H,21,23)/t15-,16+/m0/s1. The Morgan fingerprint density at radius 2 is 2.21 bits per heavy atom. The van der Waals surface area contributed by atoms with Gasteiger partial charge in [0.2, 0.25) is 5.88 Å². The molecular weight excluding hydrogens is 306 g/mol. The molecule has 2 aromatic rings. The SMILES string of the molecule is COc1cc(C(=O)NC[C@@H](O)[C@@H]2Cc3ccccc3CN2)ccn1. The molecule has 1 aliphatic heterocycles. The van der Waals surface area contributed by atoms with E-state index >= 15 is 0 Å². The van der Waals surface area contributed by atoms with Crippen molar-refractivity contribution in [2.24, 2.45) is 0 Å². The van der Waals surface area contributed by atoms with Crippen LogP contribution < -0.4 is 15.4 Å². The zero-order valence-electron chi connectivity index (χ0n) is 13.5. The molecule has 3 N–H and O–H groups in total.